The summed E-state index contributed by atoms with van der Waals surface area (Å²) in [6, 6.07) is 7.80. The first kappa shape index (κ1) is 26.5. The quantitative estimate of drug-likeness (QED) is 0.400. The number of nitrogens with one attached hydrogen (secondary N) is 2. The summed E-state index contributed by atoms with van der Waals surface area (Å²) in [5.41, 5.74) is 1.61. The lowest BCUT2D eigenvalue weighted by Crippen LogP contribution is -2.37. The van der Waals surface area contributed by atoms with Crippen LogP contribution in [-0.2, 0) is 20.3 Å². The largest absolute Gasteiger partial charge is 0.486 e. The number of rotatable bonds is 8. The van der Waals surface area contributed by atoms with Crippen LogP contribution in [0, 0.1) is 5.82 Å². The van der Waals surface area contributed by atoms with Gasteiger partial charge in [-0.05, 0) is 24.3 Å². The Bertz CT molecular complexity index is 1380. The van der Waals surface area contributed by atoms with Crippen LogP contribution in [0.3, 0.4) is 0 Å². The summed E-state index contributed by atoms with van der Waals surface area (Å²) < 4.78 is 36.8. The smallest absolute Gasteiger partial charge is 0.248 e. The summed E-state index contributed by atoms with van der Waals surface area (Å²) in [6.45, 7) is 3.18. The van der Waals surface area contributed by atoms with Crippen molar-refractivity contribution in [1.82, 2.24) is 14.9 Å². The standard InChI is InChI=1S/C26H27ClFN5O4S/c27-20-12-17(3-4-21(20)28)31-26-19-13-23(32-25(34)2-1-6-33-7-10-38(35)11-8-33)24(14-22(19)29-16-30-26)37-18-5-9-36-15-18/h1-4,12-14,16,18H,5-11,15H2,(H,32,34)(H,29,30,31)/b2-1+. The average molecular weight is 560 g/mol. The topological polar surface area (TPSA) is 106 Å². The molecule has 2 N–H and O–H groups in total. The lowest BCUT2D eigenvalue weighted by molar-refractivity contribution is -0.111. The third-order valence-corrected chi connectivity index (χ3v) is 7.83. The van der Waals surface area contributed by atoms with Gasteiger partial charge in [-0.1, -0.05) is 17.7 Å². The first-order chi connectivity index (χ1) is 18.4. The van der Waals surface area contributed by atoms with Crippen molar-refractivity contribution in [2.45, 2.75) is 12.5 Å². The van der Waals surface area contributed by atoms with Gasteiger partial charge in [-0.25, -0.2) is 14.4 Å². The number of ether oxygens (including phenoxy) is 2. The van der Waals surface area contributed by atoms with Crippen LogP contribution in [0.4, 0.5) is 21.6 Å². The molecule has 9 nitrogen and oxygen atoms in total. The molecule has 2 aliphatic heterocycles. The van der Waals surface area contributed by atoms with Gasteiger partial charge >= 0.3 is 0 Å². The van der Waals surface area contributed by atoms with Crippen molar-refractivity contribution in [3.05, 3.63) is 59.7 Å². The van der Waals surface area contributed by atoms with Crippen molar-refractivity contribution in [1.29, 1.82) is 0 Å². The van der Waals surface area contributed by atoms with E-state index < -0.39 is 16.6 Å². The van der Waals surface area contributed by atoms with Gasteiger partial charge in [0.1, 0.15) is 29.8 Å². The monoisotopic (exact) mass is 559 g/mol. The van der Waals surface area contributed by atoms with E-state index in [1.165, 1.54) is 24.5 Å². The molecule has 1 amide bonds. The fraction of sp³-hybridized carbons (Fsp3) is 0.346. The Labute approximate surface area is 226 Å². The van der Waals surface area contributed by atoms with Gasteiger partial charge < -0.3 is 20.1 Å². The van der Waals surface area contributed by atoms with Crippen LogP contribution in [0.1, 0.15) is 6.42 Å². The van der Waals surface area contributed by atoms with Gasteiger partial charge in [-0.15, -0.1) is 0 Å². The van der Waals surface area contributed by atoms with Crippen LogP contribution in [0.25, 0.3) is 10.9 Å². The molecule has 1 aromatic heterocycles. The number of anilines is 3. The Kier molecular flexibility index (Phi) is 8.48. The van der Waals surface area contributed by atoms with Crippen LogP contribution >= 0.6 is 11.6 Å². The fourth-order valence-electron chi connectivity index (χ4n) is 4.22. The molecule has 0 spiro atoms. The molecule has 38 heavy (non-hydrogen) atoms. The van der Waals surface area contributed by atoms with Crippen molar-refractivity contribution in [3.63, 3.8) is 0 Å². The minimum absolute atomic E-state index is 0.0135. The molecule has 200 valence electrons. The molecule has 3 heterocycles. The summed E-state index contributed by atoms with van der Waals surface area (Å²) in [6.07, 6.45) is 5.30. The second-order valence-electron chi connectivity index (χ2n) is 8.99. The molecule has 0 aliphatic carbocycles. The normalized spacial score (nSPS) is 18.7. The molecule has 1 unspecified atom stereocenters. The zero-order valence-electron chi connectivity index (χ0n) is 20.5. The average Bonchev–Trinajstić information content (AvgIpc) is 3.41. The minimum Gasteiger partial charge on any atom is -0.486 e. The number of carbonyl (C=O) groups excluding carboxylic acids is 1. The molecule has 0 saturated carbocycles. The molecule has 0 radical (unpaired) electrons. The molecule has 2 fully saturated rings. The molecule has 1 atom stereocenters. The van der Waals surface area contributed by atoms with Gasteiger partial charge in [-0.3, -0.25) is 13.9 Å². The van der Waals surface area contributed by atoms with E-state index in [2.05, 4.69) is 25.5 Å². The molecule has 12 heteroatoms. The summed E-state index contributed by atoms with van der Waals surface area (Å²) in [5, 5.41) is 6.68. The lowest BCUT2D eigenvalue weighted by atomic mass is 10.1. The summed E-state index contributed by atoms with van der Waals surface area (Å²) >= 11 is 5.94. The molecule has 2 saturated heterocycles. The zero-order chi connectivity index (χ0) is 26.5. The zero-order valence-corrected chi connectivity index (χ0v) is 22.1. The molecule has 2 aromatic carbocycles. The fourth-order valence-corrected chi connectivity index (χ4v) is 5.52. The molecule has 5 rings (SSSR count). The summed E-state index contributed by atoms with van der Waals surface area (Å²) in [4.78, 5) is 23.7. The maximum Gasteiger partial charge on any atom is 0.248 e. The van der Waals surface area contributed by atoms with Gasteiger partial charge in [0.15, 0.2) is 0 Å². The number of carbonyl (C=O) groups is 1. The predicted octanol–water partition coefficient (Wildman–Crippen LogP) is 3.89. The van der Waals surface area contributed by atoms with E-state index in [0.717, 1.165) is 19.5 Å². The van der Waals surface area contributed by atoms with Crippen LogP contribution in [0.5, 0.6) is 5.75 Å². The minimum atomic E-state index is -0.743. The van der Waals surface area contributed by atoms with E-state index >= 15 is 0 Å². The predicted molar refractivity (Wildman–Crippen MR) is 146 cm³/mol. The number of benzene rings is 2. The van der Waals surface area contributed by atoms with Gasteiger partial charge in [0, 0.05) is 71.6 Å². The van der Waals surface area contributed by atoms with Gasteiger partial charge in [0.2, 0.25) is 5.91 Å². The van der Waals surface area contributed by atoms with Crippen LogP contribution in [-0.4, -0.2) is 75.4 Å². The van der Waals surface area contributed by atoms with Crippen LogP contribution < -0.4 is 15.4 Å². The second kappa shape index (κ2) is 12.2. The van der Waals surface area contributed by atoms with Crippen LogP contribution in [0.15, 0.2) is 48.8 Å². The Morgan fingerprint density at radius 1 is 1.26 bits per heavy atom. The second-order valence-corrected chi connectivity index (χ2v) is 11.1. The Balaban J connectivity index is 1.39. The third kappa shape index (κ3) is 6.65. The Hall–Kier alpha value is -3.12. The first-order valence-corrected chi connectivity index (χ1v) is 14.1. The highest BCUT2D eigenvalue weighted by atomic mass is 35.5. The summed E-state index contributed by atoms with van der Waals surface area (Å²) in [7, 11) is -0.743. The molecule has 0 bridgehead atoms. The molecule has 2 aliphatic rings. The van der Waals surface area contributed by atoms with E-state index in [9.17, 15) is 13.4 Å². The maximum atomic E-state index is 13.6. The molecular formula is C26H27ClFN5O4S. The number of aromatic nitrogens is 2. The Morgan fingerprint density at radius 3 is 2.87 bits per heavy atom. The lowest BCUT2D eigenvalue weighted by Gasteiger charge is -2.24. The first-order valence-electron chi connectivity index (χ1n) is 12.2. The number of hydrogen-bond donors (Lipinski definition) is 2. The van der Waals surface area contributed by atoms with Crippen molar-refractivity contribution in [2.75, 3.05) is 55.0 Å². The van der Waals surface area contributed by atoms with Gasteiger partial charge in [0.05, 0.1) is 29.4 Å². The van der Waals surface area contributed by atoms with E-state index in [1.54, 1.807) is 24.3 Å². The van der Waals surface area contributed by atoms with E-state index in [1.807, 2.05) is 0 Å². The summed E-state index contributed by atoms with van der Waals surface area (Å²) in [5.74, 6) is 1.42. The number of nitrogens with zero attached hydrogens (tertiary/aromatic N) is 3. The SMILES string of the molecule is O=C(/C=C/CN1CCS(=O)CC1)Nc1cc2c(Nc3ccc(F)c(Cl)c3)ncnc2cc1OC1CCOC1. The van der Waals surface area contributed by atoms with Crippen molar-refractivity contribution in [3.8, 4) is 5.75 Å². The number of amides is 1. The Morgan fingerprint density at radius 2 is 2.11 bits per heavy atom. The molecular weight excluding hydrogens is 533 g/mol. The molecule has 3 aromatic rings. The van der Waals surface area contributed by atoms with Gasteiger partial charge in [0.25, 0.3) is 0 Å². The highest BCUT2D eigenvalue weighted by molar-refractivity contribution is 7.85. The van der Waals surface area contributed by atoms with Crippen molar-refractivity contribution < 1.29 is 22.9 Å². The van der Waals surface area contributed by atoms with Gasteiger partial charge in [-0.2, -0.15) is 0 Å². The highest BCUT2D eigenvalue weighted by Gasteiger charge is 2.21. The van der Waals surface area contributed by atoms with E-state index in [-0.39, 0.29) is 17.0 Å². The number of fused-ring (bicyclic) bond motifs is 1. The highest BCUT2D eigenvalue weighted by Crippen LogP contribution is 2.35. The number of hydrogen-bond acceptors (Lipinski definition) is 8. The van der Waals surface area contributed by atoms with Crippen molar-refractivity contribution in [2.24, 2.45) is 0 Å². The van der Waals surface area contributed by atoms with E-state index in [0.29, 0.717) is 65.1 Å². The third-order valence-electron chi connectivity index (χ3n) is 6.26. The van der Waals surface area contributed by atoms with E-state index in [4.69, 9.17) is 21.1 Å². The number of halogens is 2. The van der Waals surface area contributed by atoms with Crippen molar-refractivity contribution >= 4 is 56.4 Å². The maximum absolute atomic E-state index is 13.6. The van der Waals surface area contributed by atoms with Crippen LogP contribution in [0.2, 0.25) is 5.02 Å².